The van der Waals surface area contributed by atoms with Crippen molar-refractivity contribution in [3.63, 3.8) is 0 Å². The predicted molar refractivity (Wildman–Crippen MR) is 120 cm³/mol. The van der Waals surface area contributed by atoms with Crippen LogP contribution in [0.3, 0.4) is 0 Å². The smallest absolute Gasteiger partial charge is 0.122 e. The number of aromatic nitrogens is 2. The molecule has 4 aromatic rings. The highest BCUT2D eigenvalue weighted by atomic mass is 15.0. The van der Waals surface area contributed by atoms with Gasteiger partial charge in [0.25, 0.3) is 0 Å². The van der Waals surface area contributed by atoms with Crippen LogP contribution in [0.5, 0.6) is 0 Å². The molecule has 0 saturated carbocycles. The van der Waals surface area contributed by atoms with Gasteiger partial charge >= 0.3 is 0 Å². The number of hydrogen-bond donors (Lipinski definition) is 4. The van der Waals surface area contributed by atoms with E-state index in [2.05, 4.69) is 33.7 Å². The molecular formula is C23H26N6. The van der Waals surface area contributed by atoms with Crippen molar-refractivity contribution in [2.45, 2.75) is 32.4 Å². The van der Waals surface area contributed by atoms with Crippen LogP contribution in [0.4, 0.5) is 0 Å². The summed E-state index contributed by atoms with van der Waals surface area (Å²) in [5, 5.41) is 17.4. The van der Waals surface area contributed by atoms with Gasteiger partial charge in [0, 0.05) is 58.4 Å². The Morgan fingerprint density at radius 1 is 0.655 bits per heavy atom. The Kier molecular flexibility index (Phi) is 5.08. The summed E-state index contributed by atoms with van der Waals surface area (Å²) >= 11 is 0. The van der Waals surface area contributed by atoms with Crippen LogP contribution < -0.4 is 11.5 Å². The second-order valence-electron chi connectivity index (χ2n) is 7.45. The maximum Gasteiger partial charge on any atom is 0.122 e. The molecule has 6 nitrogen and oxygen atoms in total. The summed E-state index contributed by atoms with van der Waals surface area (Å²) in [6.45, 7) is 1.97. The first-order valence-electron chi connectivity index (χ1n) is 9.89. The molecule has 2 heterocycles. The van der Waals surface area contributed by atoms with Gasteiger partial charge in [0.15, 0.2) is 0 Å². The van der Waals surface area contributed by atoms with Gasteiger partial charge in [-0.25, -0.2) is 0 Å². The molecular weight excluding hydrogens is 360 g/mol. The summed E-state index contributed by atoms with van der Waals surface area (Å²) < 4.78 is 4.54. The lowest BCUT2D eigenvalue weighted by Crippen LogP contribution is -2.10. The molecule has 0 atom stereocenters. The molecule has 0 fully saturated rings. The van der Waals surface area contributed by atoms with Crippen LogP contribution in [0.1, 0.15) is 30.4 Å². The third-order valence-electron chi connectivity index (χ3n) is 5.46. The maximum atomic E-state index is 7.57. The topological polar surface area (TPSA) is 110 Å². The quantitative estimate of drug-likeness (QED) is 0.208. The van der Waals surface area contributed by atoms with Crippen LogP contribution in [0.2, 0.25) is 0 Å². The molecule has 2 aromatic carbocycles. The second kappa shape index (κ2) is 7.83. The molecule has 0 aliphatic rings. The Morgan fingerprint density at radius 3 is 1.52 bits per heavy atom. The first-order valence-corrected chi connectivity index (χ1v) is 9.89. The Morgan fingerprint density at radius 2 is 1.10 bits per heavy atom. The van der Waals surface area contributed by atoms with Crippen molar-refractivity contribution in [3.8, 4) is 0 Å². The lowest BCUT2D eigenvalue weighted by Gasteiger charge is -2.08. The van der Waals surface area contributed by atoms with E-state index in [-0.39, 0.29) is 11.7 Å². The SMILES string of the molecule is N=C(N)c1ccc2c(ccn2CCCCCn2ccc3cc(C(=N)N)ccc32)c1. The largest absolute Gasteiger partial charge is 0.384 e. The summed E-state index contributed by atoms with van der Waals surface area (Å²) in [4.78, 5) is 0. The number of benzene rings is 2. The van der Waals surface area contributed by atoms with E-state index in [1.807, 2.05) is 36.4 Å². The van der Waals surface area contributed by atoms with Crippen molar-refractivity contribution in [1.82, 2.24) is 9.13 Å². The van der Waals surface area contributed by atoms with Crippen molar-refractivity contribution >= 4 is 33.5 Å². The zero-order valence-corrected chi connectivity index (χ0v) is 16.4. The van der Waals surface area contributed by atoms with Crippen LogP contribution >= 0.6 is 0 Å². The Labute approximate surface area is 169 Å². The fraction of sp³-hybridized carbons (Fsp3) is 0.217. The molecule has 0 saturated heterocycles. The number of aryl methyl sites for hydroxylation is 2. The molecule has 0 aliphatic heterocycles. The van der Waals surface area contributed by atoms with Gasteiger partial charge in [-0.2, -0.15) is 0 Å². The number of fused-ring (bicyclic) bond motifs is 2. The molecule has 148 valence electrons. The van der Waals surface area contributed by atoms with E-state index in [0.717, 1.165) is 54.3 Å². The molecule has 0 unspecified atom stereocenters. The molecule has 2 aromatic heterocycles. The van der Waals surface area contributed by atoms with Gasteiger partial charge in [-0.3, -0.25) is 10.8 Å². The van der Waals surface area contributed by atoms with Gasteiger partial charge in [0.2, 0.25) is 0 Å². The van der Waals surface area contributed by atoms with Gasteiger partial charge in [-0.1, -0.05) is 0 Å². The normalized spacial score (nSPS) is 11.3. The molecule has 29 heavy (non-hydrogen) atoms. The van der Waals surface area contributed by atoms with E-state index in [9.17, 15) is 0 Å². The number of nitrogens with one attached hydrogen (secondary N) is 2. The van der Waals surface area contributed by atoms with Crippen molar-refractivity contribution in [2.24, 2.45) is 11.5 Å². The van der Waals surface area contributed by atoms with Crippen LogP contribution in [-0.4, -0.2) is 20.8 Å². The summed E-state index contributed by atoms with van der Waals surface area (Å²) in [7, 11) is 0. The standard InChI is InChI=1S/C23H26N6/c24-22(25)18-4-6-20-16(14-18)8-12-28(20)10-2-1-3-11-29-13-9-17-15-19(23(26)27)5-7-21(17)29/h4-9,12-15H,1-3,10-11H2,(H3,24,25)(H3,26,27). The minimum absolute atomic E-state index is 0.106. The van der Waals surface area contributed by atoms with Crippen molar-refractivity contribution < 1.29 is 0 Å². The third-order valence-corrected chi connectivity index (χ3v) is 5.46. The third kappa shape index (κ3) is 3.87. The zero-order chi connectivity index (χ0) is 20.4. The maximum absolute atomic E-state index is 7.57. The average molecular weight is 387 g/mol. The Hall–Kier alpha value is -3.54. The number of unbranched alkanes of at least 4 members (excludes halogenated alkanes) is 2. The van der Waals surface area contributed by atoms with Gasteiger partial charge in [0.1, 0.15) is 11.7 Å². The number of amidine groups is 2. The lowest BCUT2D eigenvalue weighted by atomic mass is 10.1. The molecule has 6 heteroatoms. The summed E-state index contributed by atoms with van der Waals surface area (Å²) in [6.07, 6.45) is 7.61. The molecule has 0 amide bonds. The minimum atomic E-state index is 0.106. The molecule has 0 radical (unpaired) electrons. The first kappa shape index (κ1) is 18.8. The zero-order valence-electron chi connectivity index (χ0n) is 16.4. The van der Waals surface area contributed by atoms with Gasteiger partial charge in [0.05, 0.1) is 0 Å². The number of hydrogen-bond acceptors (Lipinski definition) is 2. The highest BCUT2D eigenvalue weighted by molar-refractivity contribution is 5.99. The van der Waals surface area contributed by atoms with E-state index in [1.165, 1.54) is 11.0 Å². The van der Waals surface area contributed by atoms with E-state index >= 15 is 0 Å². The second-order valence-corrected chi connectivity index (χ2v) is 7.45. The van der Waals surface area contributed by atoms with Crippen molar-refractivity contribution in [1.29, 1.82) is 10.8 Å². The number of nitrogens with two attached hydrogens (primary N) is 2. The minimum Gasteiger partial charge on any atom is -0.384 e. The van der Waals surface area contributed by atoms with Gasteiger partial charge < -0.3 is 20.6 Å². The van der Waals surface area contributed by atoms with Crippen LogP contribution in [0, 0.1) is 10.8 Å². The van der Waals surface area contributed by atoms with Gasteiger partial charge in [-0.15, -0.1) is 0 Å². The van der Waals surface area contributed by atoms with Crippen LogP contribution in [-0.2, 0) is 13.1 Å². The molecule has 4 rings (SSSR count). The Bertz CT molecular complexity index is 1100. The molecule has 0 bridgehead atoms. The van der Waals surface area contributed by atoms with Gasteiger partial charge in [-0.05, 0) is 67.8 Å². The lowest BCUT2D eigenvalue weighted by molar-refractivity contribution is 0.559. The first-order chi connectivity index (χ1) is 14.0. The monoisotopic (exact) mass is 386 g/mol. The average Bonchev–Trinajstić information content (AvgIpc) is 3.30. The summed E-state index contributed by atoms with van der Waals surface area (Å²) in [5.74, 6) is 0.212. The number of nitrogens with zero attached hydrogens (tertiary/aromatic N) is 2. The molecule has 0 spiro atoms. The fourth-order valence-corrected chi connectivity index (χ4v) is 3.87. The summed E-state index contributed by atoms with van der Waals surface area (Å²) in [5.41, 5.74) is 15.1. The van der Waals surface area contributed by atoms with Crippen molar-refractivity contribution in [3.05, 3.63) is 72.1 Å². The highest BCUT2D eigenvalue weighted by Crippen LogP contribution is 2.20. The Balaban J connectivity index is 1.32. The number of nitrogen functional groups attached to an aromatic ring is 2. The molecule has 6 N–H and O–H groups in total. The van der Waals surface area contributed by atoms with E-state index in [4.69, 9.17) is 22.3 Å². The summed E-state index contributed by atoms with van der Waals surface area (Å²) in [6, 6.07) is 16.0. The van der Waals surface area contributed by atoms with Crippen LogP contribution in [0.25, 0.3) is 21.8 Å². The fourth-order valence-electron chi connectivity index (χ4n) is 3.87. The van der Waals surface area contributed by atoms with Crippen molar-refractivity contribution in [2.75, 3.05) is 0 Å². The van der Waals surface area contributed by atoms with E-state index in [1.54, 1.807) is 0 Å². The van der Waals surface area contributed by atoms with E-state index in [0.29, 0.717) is 0 Å². The molecule has 0 aliphatic carbocycles. The predicted octanol–water partition coefficient (Wildman–Crippen LogP) is 4.03. The van der Waals surface area contributed by atoms with E-state index < -0.39 is 0 Å². The number of rotatable bonds is 8. The highest BCUT2D eigenvalue weighted by Gasteiger charge is 2.05. The van der Waals surface area contributed by atoms with Crippen LogP contribution in [0.15, 0.2) is 60.9 Å².